The number of fused-ring (bicyclic) bond motifs is 1. The van der Waals surface area contributed by atoms with Crippen molar-refractivity contribution in [1.82, 2.24) is 24.2 Å². The number of benzene rings is 1. The molecule has 0 unspecified atom stereocenters. The number of hydrogen-bond acceptors (Lipinski definition) is 7. The zero-order chi connectivity index (χ0) is 19.6. The molecule has 0 saturated carbocycles. The van der Waals surface area contributed by atoms with Gasteiger partial charge in [0.25, 0.3) is 0 Å². The smallest absolute Gasteiger partial charge is 0.228 e. The number of amides is 1. The molecule has 1 amide bonds. The number of nitrogens with one attached hydrogen (secondary N) is 1. The fraction of sp³-hybridized carbons (Fsp3) is 0.250. The summed E-state index contributed by atoms with van der Waals surface area (Å²) in [5.41, 5.74) is 2.66. The first kappa shape index (κ1) is 17.7. The fourth-order valence-electron chi connectivity index (χ4n) is 3.56. The maximum Gasteiger partial charge on any atom is 0.228 e. The molecule has 1 aromatic carbocycles. The zero-order valence-electron chi connectivity index (χ0n) is 15.6. The summed E-state index contributed by atoms with van der Waals surface area (Å²) in [7, 11) is 0. The molecule has 1 aliphatic heterocycles. The van der Waals surface area contributed by atoms with Gasteiger partial charge in [-0.25, -0.2) is 0 Å². The largest absolute Gasteiger partial charge is 0.355 e. The highest BCUT2D eigenvalue weighted by Crippen LogP contribution is 2.27. The average molecular weight is 405 g/mol. The van der Waals surface area contributed by atoms with Gasteiger partial charge in [-0.15, -0.1) is 15.3 Å². The van der Waals surface area contributed by atoms with Gasteiger partial charge in [0.15, 0.2) is 5.65 Å². The van der Waals surface area contributed by atoms with E-state index in [0.717, 1.165) is 53.7 Å². The van der Waals surface area contributed by atoms with Gasteiger partial charge in [0.1, 0.15) is 17.1 Å². The number of hydrogen-bond donors (Lipinski definition) is 1. The van der Waals surface area contributed by atoms with E-state index < -0.39 is 0 Å². The van der Waals surface area contributed by atoms with Crippen molar-refractivity contribution in [1.29, 1.82) is 0 Å². The first-order valence-electron chi connectivity index (χ1n) is 9.51. The monoisotopic (exact) mass is 405 g/mol. The Morgan fingerprint density at radius 1 is 1.10 bits per heavy atom. The summed E-state index contributed by atoms with van der Waals surface area (Å²) in [6, 6.07) is 15.8. The number of carbonyl (C=O) groups is 1. The molecule has 1 aliphatic rings. The van der Waals surface area contributed by atoms with Crippen LogP contribution in [0.2, 0.25) is 0 Å². The highest BCUT2D eigenvalue weighted by molar-refractivity contribution is 7.10. The van der Waals surface area contributed by atoms with E-state index in [-0.39, 0.29) is 11.8 Å². The normalized spacial score (nSPS) is 15.0. The second kappa shape index (κ2) is 7.59. The number of rotatable bonds is 4. The maximum atomic E-state index is 12.7. The highest BCUT2D eigenvalue weighted by atomic mass is 32.1. The van der Waals surface area contributed by atoms with E-state index >= 15 is 0 Å². The van der Waals surface area contributed by atoms with Gasteiger partial charge in [-0.1, -0.05) is 30.3 Å². The van der Waals surface area contributed by atoms with Crippen LogP contribution in [0.4, 0.5) is 10.8 Å². The van der Waals surface area contributed by atoms with E-state index in [0.29, 0.717) is 0 Å². The van der Waals surface area contributed by atoms with Crippen LogP contribution in [0.15, 0.2) is 54.9 Å². The lowest BCUT2D eigenvalue weighted by Gasteiger charge is -2.31. The van der Waals surface area contributed by atoms with Gasteiger partial charge in [0.05, 0.1) is 5.69 Å². The van der Waals surface area contributed by atoms with Gasteiger partial charge in [-0.05, 0) is 36.5 Å². The van der Waals surface area contributed by atoms with E-state index in [1.165, 1.54) is 11.5 Å². The summed E-state index contributed by atoms with van der Waals surface area (Å²) in [4.78, 5) is 14.9. The fourth-order valence-corrected chi connectivity index (χ4v) is 4.23. The molecule has 1 fully saturated rings. The van der Waals surface area contributed by atoms with Gasteiger partial charge in [0, 0.05) is 30.6 Å². The number of piperidine rings is 1. The van der Waals surface area contributed by atoms with Crippen LogP contribution in [0, 0.1) is 5.92 Å². The average Bonchev–Trinajstić information content (AvgIpc) is 3.43. The van der Waals surface area contributed by atoms with Crippen molar-refractivity contribution < 1.29 is 4.79 Å². The van der Waals surface area contributed by atoms with Crippen molar-refractivity contribution >= 4 is 33.9 Å². The molecular weight excluding hydrogens is 386 g/mol. The van der Waals surface area contributed by atoms with Crippen molar-refractivity contribution in [3.05, 3.63) is 54.9 Å². The summed E-state index contributed by atoms with van der Waals surface area (Å²) in [6.07, 6.45) is 3.17. The van der Waals surface area contributed by atoms with E-state index in [1.54, 1.807) is 10.8 Å². The van der Waals surface area contributed by atoms with Gasteiger partial charge in [-0.3, -0.25) is 4.79 Å². The van der Waals surface area contributed by atoms with Crippen molar-refractivity contribution in [2.45, 2.75) is 12.8 Å². The van der Waals surface area contributed by atoms with E-state index in [4.69, 9.17) is 0 Å². The van der Waals surface area contributed by atoms with Crippen molar-refractivity contribution in [2.24, 2.45) is 5.92 Å². The van der Waals surface area contributed by atoms with Gasteiger partial charge in [0.2, 0.25) is 5.91 Å². The van der Waals surface area contributed by atoms with Gasteiger partial charge >= 0.3 is 0 Å². The molecule has 0 atom stereocenters. The third kappa shape index (κ3) is 3.68. The SMILES string of the molecule is O=C(Nc1cc(-c2ccccc2)ns1)C1CCN(c2ccc3nncn3n2)CC1. The predicted molar refractivity (Wildman–Crippen MR) is 112 cm³/mol. The lowest BCUT2D eigenvalue weighted by Crippen LogP contribution is -2.38. The predicted octanol–water partition coefficient (Wildman–Crippen LogP) is 3.10. The van der Waals surface area contributed by atoms with Gasteiger partial charge < -0.3 is 10.2 Å². The molecule has 8 nitrogen and oxygen atoms in total. The molecule has 0 bridgehead atoms. The summed E-state index contributed by atoms with van der Waals surface area (Å²) in [5.74, 6) is 0.938. The molecule has 1 saturated heterocycles. The molecule has 4 aromatic rings. The molecule has 0 spiro atoms. The molecular formula is C20H19N7OS. The zero-order valence-corrected chi connectivity index (χ0v) is 16.4. The Labute approximate surface area is 171 Å². The molecule has 9 heteroatoms. The minimum Gasteiger partial charge on any atom is -0.355 e. The van der Waals surface area contributed by atoms with Crippen molar-refractivity contribution in [2.75, 3.05) is 23.3 Å². The van der Waals surface area contributed by atoms with Crippen molar-refractivity contribution in [3.63, 3.8) is 0 Å². The number of carbonyl (C=O) groups excluding carboxylic acids is 1. The minimum atomic E-state index is -0.00725. The second-order valence-corrected chi connectivity index (χ2v) is 7.82. The lowest BCUT2D eigenvalue weighted by molar-refractivity contribution is -0.120. The number of nitrogens with zero attached hydrogens (tertiary/aromatic N) is 6. The Morgan fingerprint density at radius 3 is 2.76 bits per heavy atom. The summed E-state index contributed by atoms with van der Waals surface area (Å²) in [5, 5.41) is 16.2. The Kier molecular flexibility index (Phi) is 4.65. The van der Waals surface area contributed by atoms with Crippen molar-refractivity contribution in [3.8, 4) is 11.3 Å². The minimum absolute atomic E-state index is 0.00725. The summed E-state index contributed by atoms with van der Waals surface area (Å²) >= 11 is 1.32. The third-order valence-corrected chi connectivity index (χ3v) is 5.87. The molecule has 5 rings (SSSR count). The molecule has 0 aliphatic carbocycles. The Hall–Kier alpha value is -3.33. The van der Waals surface area contributed by atoms with E-state index in [2.05, 4.69) is 29.9 Å². The molecule has 29 heavy (non-hydrogen) atoms. The van der Waals surface area contributed by atoms with Gasteiger partial charge in [-0.2, -0.15) is 8.89 Å². The molecule has 3 aromatic heterocycles. The van der Waals surface area contributed by atoms with Crippen LogP contribution >= 0.6 is 11.5 Å². The van der Waals surface area contributed by atoms with E-state index in [9.17, 15) is 4.79 Å². The van der Waals surface area contributed by atoms with Crippen LogP contribution in [0.25, 0.3) is 16.9 Å². The van der Waals surface area contributed by atoms with Crippen LogP contribution in [0.5, 0.6) is 0 Å². The molecule has 1 N–H and O–H groups in total. The summed E-state index contributed by atoms with van der Waals surface area (Å²) in [6.45, 7) is 1.58. The number of anilines is 2. The van der Waals surface area contributed by atoms with Crippen LogP contribution in [-0.4, -0.2) is 43.2 Å². The molecule has 146 valence electrons. The lowest BCUT2D eigenvalue weighted by atomic mass is 9.96. The number of aromatic nitrogens is 5. The first-order valence-corrected chi connectivity index (χ1v) is 10.3. The Balaban J connectivity index is 1.20. The standard InChI is InChI=1S/C20H19N7OS/c28-20(22-19-12-16(25-29-19)14-4-2-1-3-5-14)15-8-10-26(11-9-15)18-7-6-17-23-21-13-27(17)24-18/h1-7,12-13,15H,8-11H2,(H,22,28). The Morgan fingerprint density at radius 2 is 1.93 bits per heavy atom. The molecule has 0 radical (unpaired) electrons. The summed E-state index contributed by atoms with van der Waals surface area (Å²) < 4.78 is 6.12. The van der Waals surface area contributed by atoms with Crippen LogP contribution < -0.4 is 10.2 Å². The maximum absolute atomic E-state index is 12.7. The third-order valence-electron chi connectivity index (χ3n) is 5.16. The highest BCUT2D eigenvalue weighted by Gasteiger charge is 2.26. The second-order valence-electron chi connectivity index (χ2n) is 7.02. The Bertz CT molecular complexity index is 1130. The molecule has 4 heterocycles. The first-order chi connectivity index (χ1) is 14.3. The van der Waals surface area contributed by atoms with Crippen LogP contribution in [0.3, 0.4) is 0 Å². The van der Waals surface area contributed by atoms with E-state index in [1.807, 2.05) is 48.5 Å². The quantitative estimate of drug-likeness (QED) is 0.561. The van der Waals surface area contributed by atoms with Crippen LogP contribution in [0.1, 0.15) is 12.8 Å². The van der Waals surface area contributed by atoms with Crippen LogP contribution in [-0.2, 0) is 4.79 Å². The topological polar surface area (TPSA) is 88.3 Å².